The molecule has 0 saturated carbocycles. The highest BCUT2D eigenvalue weighted by Gasteiger charge is 2.26. The maximum absolute atomic E-state index is 9.87. The van der Waals surface area contributed by atoms with Gasteiger partial charge in [-0.15, -0.1) is 0 Å². The number of nitrogen functional groups attached to an aromatic ring is 1. The summed E-state index contributed by atoms with van der Waals surface area (Å²) in [6.45, 7) is 2.43. The van der Waals surface area contributed by atoms with Crippen molar-refractivity contribution in [2.45, 2.75) is 19.5 Å². The van der Waals surface area contributed by atoms with E-state index in [2.05, 4.69) is 38.1 Å². The molecule has 4 aromatic rings. The van der Waals surface area contributed by atoms with Gasteiger partial charge in [-0.05, 0) is 23.3 Å². The first kappa shape index (κ1) is 17.4. The fourth-order valence-electron chi connectivity index (χ4n) is 4.21. The van der Waals surface area contributed by atoms with Crippen LogP contribution in [0.15, 0.2) is 55.0 Å². The summed E-state index contributed by atoms with van der Waals surface area (Å²) >= 11 is 0. The van der Waals surface area contributed by atoms with Gasteiger partial charge in [-0.25, -0.2) is 4.98 Å². The molecule has 3 N–H and O–H groups in total. The lowest BCUT2D eigenvalue weighted by atomic mass is 9.90. The lowest BCUT2D eigenvalue weighted by Gasteiger charge is -2.30. The summed E-state index contributed by atoms with van der Waals surface area (Å²) < 4.78 is 0. The van der Waals surface area contributed by atoms with E-state index >= 15 is 0 Å². The van der Waals surface area contributed by atoms with Crippen LogP contribution in [0.2, 0.25) is 0 Å². The number of nitrogens with one attached hydrogen (secondary N) is 1. The minimum absolute atomic E-state index is 0.312. The number of fused-ring (bicyclic) bond motifs is 2. The lowest BCUT2D eigenvalue weighted by molar-refractivity contribution is 0.243. The summed E-state index contributed by atoms with van der Waals surface area (Å²) in [5.41, 5.74) is 12.9. The Balaban J connectivity index is 1.64. The van der Waals surface area contributed by atoms with Gasteiger partial charge in [0.25, 0.3) is 0 Å². The van der Waals surface area contributed by atoms with Crippen molar-refractivity contribution in [2.75, 3.05) is 12.3 Å². The van der Waals surface area contributed by atoms with Crippen LogP contribution in [0.4, 0.5) is 5.82 Å². The molecule has 1 aromatic carbocycles. The summed E-state index contributed by atoms with van der Waals surface area (Å²) in [6.07, 6.45) is 6.47. The highest BCUT2D eigenvalue weighted by atomic mass is 15.1. The van der Waals surface area contributed by atoms with E-state index in [1.165, 1.54) is 5.56 Å². The van der Waals surface area contributed by atoms with Crippen LogP contribution in [0, 0.1) is 11.3 Å². The number of nitriles is 1. The molecule has 0 radical (unpaired) electrons. The van der Waals surface area contributed by atoms with Gasteiger partial charge in [0.15, 0.2) is 0 Å². The Morgan fingerprint density at radius 3 is 2.93 bits per heavy atom. The minimum Gasteiger partial charge on any atom is -0.383 e. The number of nitrogens with two attached hydrogens (primary N) is 1. The van der Waals surface area contributed by atoms with E-state index in [4.69, 9.17) is 5.73 Å². The van der Waals surface area contributed by atoms with E-state index in [1.54, 1.807) is 6.20 Å². The fraction of sp³-hybridized carbons (Fsp3) is 0.174. The second-order valence-corrected chi connectivity index (χ2v) is 7.35. The van der Waals surface area contributed by atoms with Crippen molar-refractivity contribution in [3.8, 4) is 17.2 Å². The Morgan fingerprint density at radius 1 is 1.21 bits per heavy atom. The van der Waals surface area contributed by atoms with Crippen LogP contribution in [0.3, 0.4) is 0 Å². The van der Waals surface area contributed by atoms with Gasteiger partial charge < -0.3 is 10.7 Å². The van der Waals surface area contributed by atoms with Gasteiger partial charge in [0.1, 0.15) is 17.5 Å². The zero-order valence-corrected chi connectivity index (χ0v) is 15.9. The summed E-state index contributed by atoms with van der Waals surface area (Å²) in [7, 11) is 0. The van der Waals surface area contributed by atoms with Crippen LogP contribution < -0.4 is 5.73 Å². The lowest BCUT2D eigenvalue weighted by Crippen LogP contribution is -2.31. The fourth-order valence-corrected chi connectivity index (χ4v) is 4.21. The second kappa shape index (κ2) is 7.04. The predicted octanol–water partition coefficient (Wildman–Crippen LogP) is 3.64. The quantitative estimate of drug-likeness (QED) is 0.566. The van der Waals surface area contributed by atoms with Crippen LogP contribution in [0.1, 0.15) is 22.4 Å². The van der Waals surface area contributed by atoms with Gasteiger partial charge in [-0.2, -0.15) is 5.26 Å². The topological polar surface area (TPSA) is 94.6 Å². The third-order valence-electron chi connectivity index (χ3n) is 5.56. The molecule has 0 bridgehead atoms. The standard InChI is InChI=1S/C23H20N6/c24-10-17-22(18-12-27-20-6-2-1-5-16(18)20)19-14-29(9-7-21(19)28-23(17)25)13-15-4-3-8-26-11-15/h1-6,8,11-12,27H,7,9,13-14H2,(H2,25,28). The molecule has 142 valence electrons. The molecular formula is C23H20N6. The van der Waals surface area contributed by atoms with Crippen molar-refractivity contribution in [1.82, 2.24) is 19.9 Å². The SMILES string of the molecule is N#Cc1c(N)nc2c(c1-c1c[nH]c3ccccc13)CN(Cc1cccnc1)CC2. The molecule has 6 heteroatoms. The Bertz CT molecular complexity index is 1240. The average molecular weight is 380 g/mol. The Labute approximate surface area is 168 Å². The third-order valence-corrected chi connectivity index (χ3v) is 5.56. The van der Waals surface area contributed by atoms with E-state index in [1.807, 2.05) is 36.7 Å². The van der Waals surface area contributed by atoms with Gasteiger partial charge in [-0.3, -0.25) is 9.88 Å². The number of H-pyrrole nitrogens is 1. The third kappa shape index (κ3) is 3.02. The van der Waals surface area contributed by atoms with Crippen LogP contribution in [0.25, 0.3) is 22.0 Å². The molecule has 3 aromatic heterocycles. The maximum atomic E-state index is 9.87. The molecule has 0 amide bonds. The number of anilines is 1. The number of nitrogens with zero attached hydrogens (tertiary/aromatic N) is 4. The molecule has 0 unspecified atom stereocenters. The number of hydrogen-bond acceptors (Lipinski definition) is 5. The van der Waals surface area contributed by atoms with E-state index in [9.17, 15) is 5.26 Å². The largest absolute Gasteiger partial charge is 0.383 e. The van der Waals surface area contributed by atoms with Crippen molar-refractivity contribution >= 4 is 16.7 Å². The van der Waals surface area contributed by atoms with Gasteiger partial charge in [-0.1, -0.05) is 24.3 Å². The molecular weight excluding hydrogens is 360 g/mol. The van der Waals surface area contributed by atoms with Gasteiger partial charge in [0, 0.05) is 72.4 Å². The van der Waals surface area contributed by atoms with Gasteiger partial charge >= 0.3 is 0 Å². The molecule has 1 aliphatic rings. The molecule has 0 spiro atoms. The first-order valence-electron chi connectivity index (χ1n) is 9.63. The number of hydrogen-bond donors (Lipinski definition) is 2. The van der Waals surface area contributed by atoms with E-state index in [0.717, 1.165) is 59.3 Å². The van der Waals surface area contributed by atoms with Gasteiger partial charge in [0.2, 0.25) is 0 Å². The zero-order valence-electron chi connectivity index (χ0n) is 15.9. The maximum Gasteiger partial charge on any atom is 0.142 e. The van der Waals surface area contributed by atoms with Crippen LogP contribution in [0.5, 0.6) is 0 Å². The van der Waals surface area contributed by atoms with Crippen molar-refractivity contribution in [3.05, 3.63) is 77.4 Å². The normalized spacial score (nSPS) is 13.9. The Hall–Kier alpha value is -3.69. The molecule has 0 aliphatic carbocycles. The highest BCUT2D eigenvalue weighted by Crippen LogP contribution is 2.38. The number of aromatic amines is 1. The molecule has 6 nitrogen and oxygen atoms in total. The van der Waals surface area contributed by atoms with Gasteiger partial charge in [0.05, 0.1) is 0 Å². The van der Waals surface area contributed by atoms with E-state index in [-0.39, 0.29) is 0 Å². The van der Waals surface area contributed by atoms with Crippen molar-refractivity contribution < 1.29 is 0 Å². The molecule has 4 heterocycles. The van der Waals surface area contributed by atoms with E-state index in [0.29, 0.717) is 11.4 Å². The number of rotatable bonds is 3. The number of para-hydroxylation sites is 1. The van der Waals surface area contributed by atoms with Crippen LogP contribution in [-0.4, -0.2) is 26.4 Å². The number of benzene rings is 1. The molecule has 5 rings (SSSR count). The molecule has 0 atom stereocenters. The van der Waals surface area contributed by atoms with Crippen LogP contribution >= 0.6 is 0 Å². The average Bonchev–Trinajstić information content (AvgIpc) is 3.17. The highest BCUT2D eigenvalue weighted by molar-refractivity contribution is 5.98. The zero-order chi connectivity index (χ0) is 19.8. The van der Waals surface area contributed by atoms with Crippen molar-refractivity contribution in [2.24, 2.45) is 0 Å². The first-order valence-corrected chi connectivity index (χ1v) is 9.63. The molecule has 0 saturated heterocycles. The first-order chi connectivity index (χ1) is 14.2. The monoisotopic (exact) mass is 380 g/mol. The number of pyridine rings is 2. The predicted molar refractivity (Wildman–Crippen MR) is 113 cm³/mol. The summed E-state index contributed by atoms with van der Waals surface area (Å²) in [5, 5.41) is 11.0. The summed E-state index contributed by atoms with van der Waals surface area (Å²) in [6, 6.07) is 14.5. The summed E-state index contributed by atoms with van der Waals surface area (Å²) in [5.74, 6) is 0.312. The molecule has 1 aliphatic heterocycles. The smallest absolute Gasteiger partial charge is 0.142 e. The second-order valence-electron chi connectivity index (χ2n) is 7.35. The van der Waals surface area contributed by atoms with Crippen LogP contribution in [-0.2, 0) is 19.5 Å². The van der Waals surface area contributed by atoms with Crippen molar-refractivity contribution in [3.63, 3.8) is 0 Å². The minimum atomic E-state index is 0.312. The molecule has 29 heavy (non-hydrogen) atoms. The van der Waals surface area contributed by atoms with E-state index < -0.39 is 0 Å². The summed E-state index contributed by atoms with van der Waals surface area (Å²) in [4.78, 5) is 14.5. The Morgan fingerprint density at radius 2 is 2.10 bits per heavy atom. The number of aromatic nitrogens is 3. The Kier molecular flexibility index (Phi) is 4.23. The molecule has 0 fully saturated rings. The van der Waals surface area contributed by atoms with Crippen molar-refractivity contribution in [1.29, 1.82) is 5.26 Å².